The molecule has 1 aromatic heterocycles. The van der Waals surface area contributed by atoms with Crippen LogP contribution in [0, 0.1) is 6.92 Å². The molecule has 0 bridgehead atoms. The molecule has 2 heterocycles. The van der Waals surface area contributed by atoms with Gasteiger partial charge in [-0.05, 0) is 36.6 Å². The van der Waals surface area contributed by atoms with Crippen LogP contribution in [-0.4, -0.2) is 23.6 Å². The second-order valence-electron chi connectivity index (χ2n) is 5.03. The maximum Gasteiger partial charge on any atom is 0.224 e. The van der Waals surface area contributed by atoms with Crippen molar-refractivity contribution in [2.75, 3.05) is 23.8 Å². The van der Waals surface area contributed by atoms with Crippen molar-refractivity contribution >= 4 is 27.7 Å². The number of benzene rings is 1. The highest BCUT2D eigenvalue weighted by atomic mass is 79.9. The number of fused-ring (bicyclic) bond motifs is 1. The van der Waals surface area contributed by atoms with E-state index in [-0.39, 0.29) is 0 Å². The Hall–Kier alpha value is -1.62. The first-order chi connectivity index (χ1) is 9.65. The lowest BCUT2D eigenvalue weighted by atomic mass is 10.00. The van der Waals surface area contributed by atoms with E-state index < -0.39 is 0 Å². The van der Waals surface area contributed by atoms with Crippen molar-refractivity contribution in [3.8, 4) is 0 Å². The number of rotatable bonds is 2. The van der Waals surface area contributed by atoms with E-state index in [0.717, 1.165) is 35.5 Å². The molecule has 4 nitrogen and oxygen atoms in total. The summed E-state index contributed by atoms with van der Waals surface area (Å²) in [7, 11) is 1.85. The largest absolute Gasteiger partial charge is 0.357 e. The fourth-order valence-electron chi connectivity index (χ4n) is 2.55. The first-order valence-corrected chi connectivity index (χ1v) is 7.50. The number of nitrogens with zero attached hydrogens (tertiary/aromatic N) is 3. The van der Waals surface area contributed by atoms with E-state index in [1.807, 2.05) is 20.0 Å². The number of nitrogens with one attached hydrogen (secondary N) is 1. The third-order valence-corrected chi connectivity index (χ3v) is 4.06. The zero-order chi connectivity index (χ0) is 14.1. The van der Waals surface area contributed by atoms with Gasteiger partial charge < -0.3 is 10.2 Å². The molecule has 0 atom stereocenters. The number of aryl methyl sites for hydroxylation is 1. The second-order valence-corrected chi connectivity index (χ2v) is 5.94. The minimum absolute atomic E-state index is 0.681. The predicted octanol–water partition coefficient (Wildman–Crippen LogP) is 3.15. The first-order valence-electron chi connectivity index (χ1n) is 6.71. The van der Waals surface area contributed by atoms with Crippen LogP contribution in [-0.2, 0) is 13.0 Å². The minimum atomic E-state index is 0.681. The average Bonchev–Trinajstić information content (AvgIpc) is 2.45. The molecule has 2 aromatic rings. The van der Waals surface area contributed by atoms with E-state index in [2.05, 4.69) is 54.3 Å². The molecule has 0 radical (unpaired) electrons. The van der Waals surface area contributed by atoms with Crippen molar-refractivity contribution < 1.29 is 0 Å². The lowest BCUT2D eigenvalue weighted by Crippen LogP contribution is -2.31. The molecule has 20 heavy (non-hydrogen) atoms. The highest BCUT2D eigenvalue weighted by Crippen LogP contribution is 2.26. The molecule has 0 spiro atoms. The Balaban J connectivity index is 1.91. The summed E-state index contributed by atoms with van der Waals surface area (Å²) in [4.78, 5) is 11.2. The van der Waals surface area contributed by atoms with Gasteiger partial charge in [0.2, 0.25) is 5.95 Å². The molecule has 5 heteroatoms. The van der Waals surface area contributed by atoms with Gasteiger partial charge in [0.05, 0.1) is 0 Å². The zero-order valence-corrected chi connectivity index (χ0v) is 13.2. The minimum Gasteiger partial charge on any atom is -0.357 e. The van der Waals surface area contributed by atoms with Gasteiger partial charge in [-0.1, -0.05) is 22.0 Å². The molecular weight excluding hydrogens is 316 g/mol. The molecule has 0 aliphatic carbocycles. The van der Waals surface area contributed by atoms with Crippen LogP contribution < -0.4 is 10.2 Å². The van der Waals surface area contributed by atoms with Crippen LogP contribution in [0.15, 0.2) is 28.7 Å². The van der Waals surface area contributed by atoms with Gasteiger partial charge in [-0.25, -0.2) is 4.98 Å². The van der Waals surface area contributed by atoms with Gasteiger partial charge >= 0.3 is 0 Å². The van der Waals surface area contributed by atoms with Crippen LogP contribution in [0.1, 0.15) is 16.8 Å². The molecule has 1 aliphatic rings. The first kappa shape index (κ1) is 13.4. The second kappa shape index (κ2) is 5.40. The van der Waals surface area contributed by atoms with E-state index in [9.17, 15) is 0 Å². The van der Waals surface area contributed by atoms with E-state index in [4.69, 9.17) is 0 Å². The maximum absolute atomic E-state index is 4.56. The lowest BCUT2D eigenvalue weighted by molar-refractivity contribution is 0.718. The standard InChI is InChI=1S/C15H17BrN4/c1-10-7-14(19-15(17-2)18-10)20-6-5-11-3-4-13(16)8-12(11)9-20/h3-4,7-8H,5-6,9H2,1-2H3,(H,17,18,19). The molecule has 3 rings (SSSR count). The zero-order valence-electron chi connectivity index (χ0n) is 11.7. The molecule has 104 valence electrons. The third-order valence-electron chi connectivity index (χ3n) is 3.57. The number of aromatic nitrogens is 2. The van der Waals surface area contributed by atoms with Gasteiger partial charge in [0.1, 0.15) is 5.82 Å². The summed E-state index contributed by atoms with van der Waals surface area (Å²) in [5, 5.41) is 3.02. The summed E-state index contributed by atoms with van der Waals surface area (Å²) in [6.07, 6.45) is 1.06. The fourth-order valence-corrected chi connectivity index (χ4v) is 2.96. The average molecular weight is 333 g/mol. The van der Waals surface area contributed by atoms with E-state index >= 15 is 0 Å². The number of halogens is 1. The van der Waals surface area contributed by atoms with Crippen LogP contribution in [0.5, 0.6) is 0 Å². The topological polar surface area (TPSA) is 41.1 Å². The van der Waals surface area contributed by atoms with Crippen LogP contribution in [0.2, 0.25) is 0 Å². The van der Waals surface area contributed by atoms with E-state index in [1.165, 1.54) is 11.1 Å². The highest BCUT2D eigenvalue weighted by Gasteiger charge is 2.18. The van der Waals surface area contributed by atoms with Gasteiger partial charge in [-0.2, -0.15) is 4.98 Å². The fraction of sp³-hybridized carbons (Fsp3) is 0.333. The molecule has 0 saturated carbocycles. The van der Waals surface area contributed by atoms with Gasteiger partial charge in [-0.15, -0.1) is 0 Å². The Kier molecular flexibility index (Phi) is 3.61. The summed E-state index contributed by atoms with van der Waals surface area (Å²) in [5.74, 6) is 1.67. The van der Waals surface area contributed by atoms with Crippen molar-refractivity contribution in [1.82, 2.24) is 9.97 Å². The summed E-state index contributed by atoms with van der Waals surface area (Å²) in [6, 6.07) is 8.57. The Labute approximate surface area is 127 Å². The van der Waals surface area contributed by atoms with Crippen LogP contribution in [0.3, 0.4) is 0 Å². The summed E-state index contributed by atoms with van der Waals surface area (Å²) in [5.41, 5.74) is 3.79. The highest BCUT2D eigenvalue weighted by molar-refractivity contribution is 9.10. The van der Waals surface area contributed by atoms with Crippen molar-refractivity contribution in [2.24, 2.45) is 0 Å². The molecule has 1 aromatic carbocycles. The summed E-state index contributed by atoms with van der Waals surface area (Å²) < 4.78 is 1.13. The number of hydrogen-bond acceptors (Lipinski definition) is 4. The number of hydrogen-bond donors (Lipinski definition) is 1. The van der Waals surface area contributed by atoms with E-state index in [1.54, 1.807) is 0 Å². The van der Waals surface area contributed by atoms with Crippen LogP contribution in [0.25, 0.3) is 0 Å². The monoisotopic (exact) mass is 332 g/mol. The molecule has 0 saturated heterocycles. The molecule has 1 aliphatic heterocycles. The summed E-state index contributed by atoms with van der Waals surface area (Å²) in [6.45, 7) is 3.89. The smallest absolute Gasteiger partial charge is 0.224 e. The van der Waals surface area contributed by atoms with Gasteiger partial charge in [0.15, 0.2) is 0 Å². The van der Waals surface area contributed by atoms with Crippen molar-refractivity contribution in [3.05, 3.63) is 45.6 Å². The maximum atomic E-state index is 4.56. The van der Waals surface area contributed by atoms with Crippen molar-refractivity contribution in [1.29, 1.82) is 0 Å². The lowest BCUT2D eigenvalue weighted by Gasteiger charge is -2.30. The Bertz CT molecular complexity index is 642. The van der Waals surface area contributed by atoms with Gasteiger partial charge in [-0.3, -0.25) is 0 Å². The molecule has 1 N–H and O–H groups in total. The normalized spacial score (nSPS) is 14.1. The van der Waals surface area contributed by atoms with Gasteiger partial charge in [0.25, 0.3) is 0 Å². The van der Waals surface area contributed by atoms with E-state index in [0.29, 0.717) is 5.95 Å². The Morgan fingerprint density at radius 2 is 2.05 bits per heavy atom. The van der Waals surface area contributed by atoms with Crippen LogP contribution in [0.4, 0.5) is 11.8 Å². The Morgan fingerprint density at radius 1 is 1.20 bits per heavy atom. The van der Waals surface area contributed by atoms with Gasteiger partial charge in [0, 0.05) is 36.4 Å². The predicted molar refractivity (Wildman–Crippen MR) is 85.2 cm³/mol. The van der Waals surface area contributed by atoms with Crippen molar-refractivity contribution in [2.45, 2.75) is 19.9 Å². The van der Waals surface area contributed by atoms with Crippen LogP contribution >= 0.6 is 15.9 Å². The molecule has 0 amide bonds. The van der Waals surface area contributed by atoms with Crippen molar-refractivity contribution in [3.63, 3.8) is 0 Å². The molecule has 0 fully saturated rings. The summed E-state index contributed by atoms with van der Waals surface area (Å²) >= 11 is 3.55. The quantitative estimate of drug-likeness (QED) is 0.917. The molecule has 0 unspecified atom stereocenters. The number of anilines is 2. The third kappa shape index (κ3) is 2.63. The SMILES string of the molecule is CNc1nc(C)cc(N2CCc3ccc(Br)cc3C2)n1. The Morgan fingerprint density at radius 3 is 2.85 bits per heavy atom. The molecular formula is C15H17BrN4.